The minimum Gasteiger partial charge on any atom is -0.419 e. The minimum atomic E-state index is -0.906. The fraction of sp³-hybridized carbons (Fsp3) is 0.217. The molecule has 0 aliphatic rings. The van der Waals surface area contributed by atoms with Crippen molar-refractivity contribution in [1.29, 1.82) is 0 Å². The van der Waals surface area contributed by atoms with Gasteiger partial charge in [-0.2, -0.15) is 0 Å². The van der Waals surface area contributed by atoms with E-state index in [1.165, 1.54) is 11.1 Å². The first kappa shape index (κ1) is 21.8. The first-order valence-electron chi connectivity index (χ1n) is 9.91. The van der Waals surface area contributed by atoms with E-state index in [-0.39, 0.29) is 0 Å². The maximum atomic E-state index is 12.2. The van der Waals surface area contributed by atoms with Gasteiger partial charge in [0.15, 0.2) is 0 Å². The van der Waals surface area contributed by atoms with E-state index in [0.29, 0.717) is 17.5 Å². The molecular formula is C23H23N3O5. The molecule has 0 saturated heterocycles. The van der Waals surface area contributed by atoms with Crippen molar-refractivity contribution in [3.05, 3.63) is 87.2 Å². The van der Waals surface area contributed by atoms with Crippen molar-refractivity contribution in [3.63, 3.8) is 0 Å². The highest BCUT2D eigenvalue weighted by atomic mass is 16.5. The number of aromatic nitrogens is 2. The molecule has 0 bridgehead atoms. The molecular weight excluding hydrogens is 398 g/mol. The maximum Gasteiger partial charge on any atom is 0.336 e. The predicted octanol–water partition coefficient (Wildman–Crippen LogP) is 2.71. The summed E-state index contributed by atoms with van der Waals surface area (Å²) in [4.78, 5) is 48.6. The molecule has 0 radical (unpaired) electrons. The van der Waals surface area contributed by atoms with Crippen molar-refractivity contribution in [2.75, 3.05) is 6.54 Å². The normalized spacial score (nSPS) is 10.5. The van der Waals surface area contributed by atoms with Gasteiger partial charge in [0, 0.05) is 13.5 Å². The zero-order chi connectivity index (χ0) is 22.2. The highest BCUT2D eigenvalue weighted by molar-refractivity contribution is 5.76. The van der Waals surface area contributed by atoms with Crippen LogP contribution in [0.3, 0.4) is 0 Å². The Labute approximate surface area is 178 Å². The van der Waals surface area contributed by atoms with Crippen molar-refractivity contribution in [1.82, 2.24) is 14.9 Å². The first-order valence-corrected chi connectivity index (χ1v) is 9.91. The molecule has 0 saturated carbocycles. The number of rotatable bonds is 7. The lowest BCUT2D eigenvalue weighted by Crippen LogP contribution is -2.40. The molecule has 2 N–H and O–H groups in total. The number of ether oxygens (including phenoxy) is 1. The Kier molecular flexibility index (Phi) is 7.16. The molecule has 0 atom stereocenters. The second kappa shape index (κ2) is 10.2. The van der Waals surface area contributed by atoms with Crippen molar-refractivity contribution in [2.45, 2.75) is 26.2 Å². The van der Waals surface area contributed by atoms with Crippen molar-refractivity contribution in [3.8, 4) is 16.9 Å². The van der Waals surface area contributed by atoms with E-state index in [0.717, 1.165) is 31.5 Å². The Hall–Kier alpha value is -3.94. The van der Waals surface area contributed by atoms with Gasteiger partial charge in [0.25, 0.3) is 5.56 Å². The average Bonchev–Trinajstić information content (AvgIpc) is 2.76. The lowest BCUT2D eigenvalue weighted by molar-refractivity contribution is -0.132. The highest BCUT2D eigenvalue weighted by Crippen LogP contribution is 2.19. The zero-order valence-electron chi connectivity index (χ0n) is 17.1. The molecule has 1 aromatic heterocycles. The number of nitrogens with zero attached hydrogens (tertiary/aromatic N) is 1. The van der Waals surface area contributed by atoms with Gasteiger partial charge in [0.05, 0.1) is 6.20 Å². The number of carbonyl (C=O) groups excluding carboxylic acids is 2. The molecule has 0 unspecified atom stereocenters. The summed E-state index contributed by atoms with van der Waals surface area (Å²) in [6.07, 6.45) is 3.33. The lowest BCUT2D eigenvalue weighted by Gasteiger charge is -2.08. The van der Waals surface area contributed by atoms with Gasteiger partial charge in [0.2, 0.25) is 5.75 Å². The Morgan fingerprint density at radius 3 is 2.32 bits per heavy atom. The summed E-state index contributed by atoms with van der Waals surface area (Å²) in [5.74, 6) is -1.14. The molecule has 1 heterocycles. The predicted molar refractivity (Wildman–Crippen MR) is 116 cm³/mol. The average molecular weight is 421 g/mol. The van der Waals surface area contributed by atoms with Gasteiger partial charge in [-0.3, -0.25) is 14.6 Å². The van der Waals surface area contributed by atoms with Crippen LogP contribution in [0.4, 0.5) is 4.79 Å². The largest absolute Gasteiger partial charge is 0.419 e. The number of benzene rings is 2. The Balaban J connectivity index is 1.48. The maximum absolute atomic E-state index is 12.2. The van der Waals surface area contributed by atoms with Gasteiger partial charge < -0.3 is 10.1 Å². The van der Waals surface area contributed by atoms with Gasteiger partial charge in [-0.05, 0) is 36.0 Å². The van der Waals surface area contributed by atoms with E-state index in [1.807, 2.05) is 23.2 Å². The standard InChI is InChI=1S/C23H23N3O5/c1-16(27)31-20-15-26(23(30)25-21(20)28)22(29)24-14-6-5-7-17-10-12-19(13-11-17)18-8-3-2-4-9-18/h2-4,8-13,15H,5-7,14H2,1H3,(H,24,29)(H,25,28,30). The number of nitrogens with one attached hydrogen (secondary N) is 2. The van der Waals surface area contributed by atoms with Gasteiger partial charge in [-0.25, -0.2) is 14.2 Å². The van der Waals surface area contributed by atoms with Crippen LogP contribution >= 0.6 is 0 Å². The summed E-state index contributed by atoms with van der Waals surface area (Å²) in [6.45, 7) is 1.47. The van der Waals surface area contributed by atoms with Crippen molar-refractivity contribution < 1.29 is 14.3 Å². The number of unbranched alkanes of at least 4 members (excludes halogenated alkanes) is 1. The monoisotopic (exact) mass is 421 g/mol. The quantitative estimate of drug-likeness (QED) is 0.450. The van der Waals surface area contributed by atoms with Crippen LogP contribution in [-0.4, -0.2) is 28.1 Å². The van der Waals surface area contributed by atoms with E-state index >= 15 is 0 Å². The summed E-state index contributed by atoms with van der Waals surface area (Å²) in [6, 6.07) is 17.8. The SMILES string of the molecule is CC(=O)Oc1cn(C(=O)NCCCCc2ccc(-c3ccccc3)cc2)c(=O)[nH]c1=O. The molecule has 31 heavy (non-hydrogen) atoms. The van der Waals surface area contributed by atoms with Crippen LogP contribution in [-0.2, 0) is 11.2 Å². The van der Waals surface area contributed by atoms with Crippen LogP contribution < -0.4 is 21.3 Å². The molecule has 0 fully saturated rings. The van der Waals surface area contributed by atoms with Crippen LogP contribution in [0.2, 0.25) is 0 Å². The fourth-order valence-electron chi connectivity index (χ4n) is 3.06. The third-order valence-electron chi connectivity index (χ3n) is 4.61. The van der Waals surface area contributed by atoms with E-state index in [2.05, 4.69) is 41.7 Å². The molecule has 0 aliphatic heterocycles. The molecule has 8 heteroatoms. The van der Waals surface area contributed by atoms with Gasteiger partial charge in [0.1, 0.15) is 0 Å². The van der Waals surface area contributed by atoms with E-state index < -0.39 is 29.0 Å². The fourth-order valence-corrected chi connectivity index (χ4v) is 3.06. The molecule has 0 aliphatic carbocycles. The van der Waals surface area contributed by atoms with Crippen molar-refractivity contribution >= 4 is 12.0 Å². The number of hydrogen-bond acceptors (Lipinski definition) is 5. The van der Waals surface area contributed by atoms with Gasteiger partial charge in [-0.15, -0.1) is 0 Å². The zero-order valence-corrected chi connectivity index (χ0v) is 17.1. The molecule has 2 aromatic carbocycles. The number of esters is 1. The number of carbonyl (C=O) groups is 2. The lowest BCUT2D eigenvalue weighted by atomic mass is 10.0. The summed E-state index contributed by atoms with van der Waals surface area (Å²) in [7, 11) is 0. The topological polar surface area (TPSA) is 110 Å². The number of aryl methyl sites for hydroxylation is 1. The number of H-pyrrole nitrogens is 1. The van der Waals surface area contributed by atoms with Crippen LogP contribution in [0.1, 0.15) is 25.3 Å². The molecule has 1 amide bonds. The van der Waals surface area contributed by atoms with Gasteiger partial charge in [-0.1, -0.05) is 54.6 Å². The van der Waals surface area contributed by atoms with Crippen LogP contribution in [0.15, 0.2) is 70.4 Å². The minimum absolute atomic E-state index is 0.357. The molecule has 3 rings (SSSR count). The third-order valence-corrected chi connectivity index (χ3v) is 4.61. The van der Waals surface area contributed by atoms with Crippen molar-refractivity contribution in [2.24, 2.45) is 0 Å². The summed E-state index contributed by atoms with van der Waals surface area (Å²) in [5.41, 5.74) is 1.76. The molecule has 3 aromatic rings. The molecule has 8 nitrogen and oxygen atoms in total. The van der Waals surface area contributed by atoms with E-state index in [1.54, 1.807) is 0 Å². The number of amides is 1. The molecule has 0 spiro atoms. The third kappa shape index (κ3) is 6.02. The summed E-state index contributed by atoms with van der Waals surface area (Å²) >= 11 is 0. The second-order valence-electron chi connectivity index (χ2n) is 6.97. The Morgan fingerprint density at radius 1 is 0.968 bits per heavy atom. The van der Waals surface area contributed by atoms with Crippen LogP contribution in [0.5, 0.6) is 5.75 Å². The van der Waals surface area contributed by atoms with Gasteiger partial charge >= 0.3 is 17.7 Å². The van der Waals surface area contributed by atoms with Crippen LogP contribution in [0.25, 0.3) is 11.1 Å². The van der Waals surface area contributed by atoms with E-state index in [4.69, 9.17) is 4.74 Å². The number of hydrogen-bond donors (Lipinski definition) is 2. The highest BCUT2D eigenvalue weighted by Gasteiger charge is 2.12. The van der Waals surface area contributed by atoms with E-state index in [9.17, 15) is 19.2 Å². The smallest absolute Gasteiger partial charge is 0.336 e. The summed E-state index contributed by atoms with van der Waals surface area (Å²) < 4.78 is 5.37. The summed E-state index contributed by atoms with van der Waals surface area (Å²) in [5, 5.41) is 2.62. The second-order valence-corrected chi connectivity index (χ2v) is 6.97. The van der Waals surface area contributed by atoms with Crippen LogP contribution in [0, 0.1) is 0 Å². The molecule has 160 valence electrons. The Bertz CT molecular complexity index is 1160. The Morgan fingerprint density at radius 2 is 1.65 bits per heavy atom. The first-order chi connectivity index (χ1) is 14.9. The number of aromatic amines is 1.